The highest BCUT2D eigenvalue weighted by atomic mass is 32.2. The average molecular weight is 424 g/mol. The van der Waals surface area contributed by atoms with Gasteiger partial charge in [0.25, 0.3) is 0 Å². The summed E-state index contributed by atoms with van der Waals surface area (Å²) in [6.45, 7) is 3.89. The van der Waals surface area contributed by atoms with Crippen LogP contribution in [-0.4, -0.2) is 44.4 Å². The largest absolute Gasteiger partial charge is 0.387 e. The number of H-pyrrole nitrogens is 1. The number of nitrogens with zero attached hydrogens (tertiary/aromatic N) is 2. The Labute approximate surface area is 181 Å². The molecule has 5 rings (SSSR count). The number of fused-ring (bicyclic) bond motifs is 2. The van der Waals surface area contributed by atoms with Crippen LogP contribution in [0.25, 0.3) is 11.0 Å². The molecular weight excluding hydrogens is 394 g/mol. The van der Waals surface area contributed by atoms with Gasteiger partial charge in [0.1, 0.15) is 0 Å². The summed E-state index contributed by atoms with van der Waals surface area (Å²) in [5.74, 6) is 1.19. The predicted molar refractivity (Wildman–Crippen MR) is 122 cm³/mol. The number of rotatable bonds is 4. The molecule has 2 atom stereocenters. The van der Waals surface area contributed by atoms with Gasteiger partial charge in [0.05, 0.1) is 17.1 Å². The topological polar surface area (TPSA) is 61.3 Å². The van der Waals surface area contributed by atoms with Crippen LogP contribution in [0.1, 0.15) is 49.5 Å². The SMILES string of the molecule is CC(C(O)c1ccc2c(c1)CCCS2)N1CCC(n2c(=O)[nH]c3ccccc32)CC1. The lowest BCUT2D eigenvalue weighted by Gasteiger charge is -2.38. The van der Waals surface area contributed by atoms with Gasteiger partial charge in [-0.2, -0.15) is 0 Å². The van der Waals surface area contributed by atoms with E-state index in [9.17, 15) is 9.90 Å². The Morgan fingerprint density at radius 3 is 2.80 bits per heavy atom. The van der Waals surface area contributed by atoms with Gasteiger partial charge >= 0.3 is 5.69 Å². The molecule has 6 heteroatoms. The predicted octanol–water partition coefficient (Wildman–Crippen LogP) is 4.13. The van der Waals surface area contributed by atoms with Gasteiger partial charge in [-0.1, -0.05) is 24.3 Å². The first kappa shape index (κ1) is 19.9. The molecule has 2 aliphatic heterocycles. The van der Waals surface area contributed by atoms with Crippen LogP contribution in [0.4, 0.5) is 0 Å². The Balaban J connectivity index is 1.28. The van der Waals surface area contributed by atoms with Crippen LogP contribution in [-0.2, 0) is 6.42 Å². The Morgan fingerprint density at radius 2 is 1.97 bits per heavy atom. The van der Waals surface area contributed by atoms with Gasteiger partial charge < -0.3 is 10.1 Å². The van der Waals surface area contributed by atoms with Crippen molar-refractivity contribution in [2.75, 3.05) is 18.8 Å². The maximum atomic E-state index is 12.5. The van der Waals surface area contributed by atoms with Gasteiger partial charge in [0.15, 0.2) is 0 Å². The fourth-order valence-corrected chi connectivity index (χ4v) is 6.05. The number of hydrogen-bond donors (Lipinski definition) is 2. The Morgan fingerprint density at radius 1 is 1.17 bits per heavy atom. The molecule has 30 heavy (non-hydrogen) atoms. The normalized spacial score (nSPS) is 20.2. The van der Waals surface area contributed by atoms with E-state index in [2.05, 4.69) is 35.0 Å². The second-order valence-electron chi connectivity index (χ2n) is 8.59. The number of para-hydroxylation sites is 2. The highest BCUT2D eigenvalue weighted by Gasteiger charge is 2.29. The maximum absolute atomic E-state index is 12.5. The third-order valence-corrected chi connectivity index (χ3v) is 8.00. The number of piperidine rings is 1. The highest BCUT2D eigenvalue weighted by molar-refractivity contribution is 7.99. The molecule has 2 aliphatic rings. The molecule has 0 bridgehead atoms. The summed E-state index contributed by atoms with van der Waals surface area (Å²) in [4.78, 5) is 19.2. The summed E-state index contributed by atoms with van der Waals surface area (Å²) in [5.41, 5.74) is 4.28. The molecule has 0 radical (unpaired) electrons. The molecule has 2 unspecified atom stereocenters. The lowest BCUT2D eigenvalue weighted by Crippen LogP contribution is -2.44. The Hall–Kier alpha value is -2.02. The number of aryl methyl sites for hydroxylation is 1. The molecule has 0 amide bonds. The van der Waals surface area contributed by atoms with Crippen LogP contribution < -0.4 is 5.69 Å². The zero-order chi connectivity index (χ0) is 20.7. The van der Waals surface area contributed by atoms with E-state index in [1.807, 2.05) is 40.6 Å². The average Bonchev–Trinajstić information content (AvgIpc) is 3.13. The number of aliphatic hydroxyl groups is 1. The van der Waals surface area contributed by atoms with Gasteiger partial charge in [0.2, 0.25) is 0 Å². The van der Waals surface area contributed by atoms with E-state index in [1.54, 1.807) is 0 Å². The van der Waals surface area contributed by atoms with Gasteiger partial charge in [-0.05, 0) is 67.7 Å². The first-order valence-corrected chi connectivity index (χ1v) is 12.0. The zero-order valence-electron chi connectivity index (χ0n) is 17.4. The molecule has 2 aromatic carbocycles. The van der Waals surface area contributed by atoms with Crippen molar-refractivity contribution in [1.29, 1.82) is 0 Å². The quantitative estimate of drug-likeness (QED) is 0.663. The van der Waals surface area contributed by atoms with Crippen LogP contribution in [0.2, 0.25) is 0 Å². The van der Waals surface area contributed by atoms with E-state index in [-0.39, 0.29) is 17.8 Å². The molecule has 0 saturated carbocycles. The number of likely N-dealkylation sites (tertiary alicyclic amines) is 1. The fraction of sp³-hybridized carbons (Fsp3) is 0.458. The summed E-state index contributed by atoms with van der Waals surface area (Å²) in [6, 6.07) is 14.6. The number of aromatic amines is 1. The molecule has 3 aromatic rings. The molecule has 2 N–H and O–H groups in total. The maximum Gasteiger partial charge on any atom is 0.326 e. The van der Waals surface area contributed by atoms with Crippen molar-refractivity contribution in [3.8, 4) is 0 Å². The van der Waals surface area contributed by atoms with Crippen LogP contribution in [0.15, 0.2) is 52.2 Å². The summed E-state index contributed by atoms with van der Waals surface area (Å²) >= 11 is 1.92. The van der Waals surface area contributed by atoms with Crippen LogP contribution in [0.3, 0.4) is 0 Å². The lowest BCUT2D eigenvalue weighted by atomic mass is 9.96. The van der Waals surface area contributed by atoms with Crippen molar-refractivity contribution in [3.05, 3.63) is 64.1 Å². The van der Waals surface area contributed by atoms with Crippen molar-refractivity contribution in [2.24, 2.45) is 0 Å². The van der Waals surface area contributed by atoms with E-state index in [0.717, 1.165) is 48.9 Å². The number of hydrogen-bond acceptors (Lipinski definition) is 4. The Kier molecular flexibility index (Phi) is 5.48. The number of benzene rings is 2. The number of aromatic nitrogens is 2. The monoisotopic (exact) mass is 423 g/mol. The van der Waals surface area contributed by atoms with Crippen LogP contribution >= 0.6 is 11.8 Å². The van der Waals surface area contributed by atoms with Gasteiger partial charge in [-0.25, -0.2) is 4.79 Å². The molecule has 5 nitrogen and oxygen atoms in total. The molecular formula is C24H29N3O2S. The van der Waals surface area contributed by atoms with Gasteiger partial charge in [0, 0.05) is 30.1 Å². The van der Waals surface area contributed by atoms with Gasteiger partial charge in [-0.15, -0.1) is 11.8 Å². The van der Waals surface area contributed by atoms with Gasteiger partial charge in [-0.3, -0.25) is 9.47 Å². The second kappa shape index (κ2) is 8.25. The summed E-state index contributed by atoms with van der Waals surface area (Å²) in [7, 11) is 0. The second-order valence-corrected chi connectivity index (χ2v) is 9.73. The third-order valence-electron chi connectivity index (χ3n) is 6.80. The van der Waals surface area contributed by atoms with Crippen molar-refractivity contribution < 1.29 is 5.11 Å². The number of imidazole rings is 1. The van der Waals surface area contributed by atoms with E-state index in [4.69, 9.17) is 0 Å². The molecule has 0 aliphatic carbocycles. The molecule has 158 valence electrons. The van der Waals surface area contributed by atoms with Crippen molar-refractivity contribution in [3.63, 3.8) is 0 Å². The summed E-state index contributed by atoms with van der Waals surface area (Å²) < 4.78 is 1.93. The van der Waals surface area contributed by atoms with E-state index in [0.29, 0.717) is 0 Å². The van der Waals surface area contributed by atoms with Crippen molar-refractivity contribution >= 4 is 22.8 Å². The Bertz CT molecular complexity index is 1100. The molecule has 0 spiro atoms. The first-order valence-electron chi connectivity index (χ1n) is 11.0. The number of aliphatic hydroxyl groups excluding tert-OH is 1. The molecule has 1 saturated heterocycles. The lowest BCUT2D eigenvalue weighted by molar-refractivity contribution is 0.0385. The van der Waals surface area contributed by atoms with Crippen molar-refractivity contribution in [1.82, 2.24) is 14.5 Å². The van der Waals surface area contributed by atoms with Crippen LogP contribution in [0, 0.1) is 0 Å². The van der Waals surface area contributed by atoms with E-state index < -0.39 is 6.10 Å². The standard InChI is InChI=1S/C24H29N3O2S/c1-16(23(28)18-8-9-22-17(15-18)5-4-14-30-22)26-12-10-19(11-13-26)27-21-7-3-2-6-20(21)25-24(27)29/h2-3,6-9,15-16,19,23,28H,4-5,10-14H2,1H3,(H,25,29). The minimum Gasteiger partial charge on any atom is -0.387 e. The third kappa shape index (κ3) is 3.61. The molecule has 3 heterocycles. The minimum atomic E-state index is -0.491. The number of nitrogens with one attached hydrogen (secondary N) is 1. The summed E-state index contributed by atoms with van der Waals surface area (Å²) in [5, 5.41) is 11.1. The van der Waals surface area contributed by atoms with E-state index >= 15 is 0 Å². The minimum absolute atomic E-state index is 0.0188. The zero-order valence-corrected chi connectivity index (χ0v) is 18.2. The summed E-state index contributed by atoms with van der Waals surface area (Å²) in [6.07, 6.45) is 3.67. The van der Waals surface area contributed by atoms with Crippen LogP contribution in [0.5, 0.6) is 0 Å². The highest BCUT2D eigenvalue weighted by Crippen LogP contribution is 2.34. The molecule has 1 aromatic heterocycles. The molecule has 1 fully saturated rings. The van der Waals surface area contributed by atoms with Crippen molar-refractivity contribution in [2.45, 2.75) is 55.7 Å². The smallest absolute Gasteiger partial charge is 0.326 e. The first-order chi connectivity index (χ1) is 14.6. The fourth-order valence-electron chi connectivity index (χ4n) is 5.03. The van der Waals surface area contributed by atoms with E-state index in [1.165, 1.54) is 22.6 Å². The number of thioether (sulfide) groups is 1.